The number of nitrogens with two attached hydrogens (primary N) is 1. The minimum Gasteiger partial charge on any atom is -0.480 e. The fourth-order valence-corrected chi connectivity index (χ4v) is 5.19. The molecule has 13 heteroatoms. The zero-order chi connectivity index (χ0) is 28.6. The maximum Gasteiger partial charge on any atom is 0.267 e. The fraction of sp³-hybridized carbons (Fsp3) is 0.0370. The van der Waals surface area contributed by atoms with Crippen molar-refractivity contribution in [2.24, 2.45) is 0 Å². The van der Waals surface area contributed by atoms with Gasteiger partial charge in [-0.2, -0.15) is 5.26 Å². The maximum atomic E-state index is 14.2. The Morgan fingerprint density at radius 2 is 1.85 bits per heavy atom. The molecular formula is C27H18F2N6O4S. The highest BCUT2D eigenvalue weighted by molar-refractivity contribution is 7.92. The van der Waals surface area contributed by atoms with Crippen molar-refractivity contribution in [1.29, 1.82) is 5.26 Å². The van der Waals surface area contributed by atoms with Crippen molar-refractivity contribution in [2.45, 2.75) is 4.90 Å². The number of nitrogen functional groups attached to an aromatic ring is 1. The van der Waals surface area contributed by atoms with Crippen LogP contribution in [0.2, 0.25) is 0 Å². The molecule has 0 aliphatic carbocycles. The van der Waals surface area contributed by atoms with Crippen LogP contribution in [0.4, 0.5) is 20.4 Å². The number of sulfonamides is 1. The van der Waals surface area contributed by atoms with Crippen LogP contribution in [0, 0.1) is 23.0 Å². The summed E-state index contributed by atoms with van der Waals surface area (Å²) in [5.41, 5.74) is 7.31. The second-order valence-corrected chi connectivity index (χ2v) is 10.1. The number of fused-ring (bicyclic) bond motifs is 1. The summed E-state index contributed by atoms with van der Waals surface area (Å²) in [6.45, 7) is 0. The van der Waals surface area contributed by atoms with Crippen LogP contribution in [0.3, 0.4) is 0 Å². The number of rotatable bonds is 6. The molecule has 5 rings (SSSR count). The number of benzene rings is 3. The smallest absolute Gasteiger partial charge is 0.267 e. The van der Waals surface area contributed by atoms with Crippen molar-refractivity contribution in [1.82, 2.24) is 14.5 Å². The predicted octanol–water partition coefficient (Wildman–Crippen LogP) is 3.99. The first-order chi connectivity index (χ1) is 19.1. The van der Waals surface area contributed by atoms with Gasteiger partial charge in [-0.15, -0.1) is 0 Å². The average Bonchev–Trinajstić information content (AvgIpc) is 2.92. The van der Waals surface area contributed by atoms with Crippen molar-refractivity contribution in [3.05, 3.63) is 100 Å². The molecule has 0 aliphatic heterocycles. The molecule has 2 heterocycles. The van der Waals surface area contributed by atoms with E-state index in [1.807, 2.05) is 6.07 Å². The molecule has 0 saturated heterocycles. The van der Waals surface area contributed by atoms with E-state index in [0.717, 1.165) is 12.1 Å². The molecule has 0 fully saturated rings. The molecule has 0 radical (unpaired) electrons. The lowest BCUT2D eigenvalue weighted by molar-refractivity contribution is 0.400. The Morgan fingerprint density at radius 3 is 2.58 bits per heavy atom. The number of methoxy groups -OCH3 is 1. The molecule has 200 valence electrons. The summed E-state index contributed by atoms with van der Waals surface area (Å²) in [6, 6.07) is 16.6. The summed E-state index contributed by atoms with van der Waals surface area (Å²) < 4.78 is 61.8. The number of aromatic nitrogens is 3. The van der Waals surface area contributed by atoms with Gasteiger partial charge in [0.25, 0.3) is 15.6 Å². The van der Waals surface area contributed by atoms with E-state index < -0.39 is 32.1 Å². The van der Waals surface area contributed by atoms with Crippen LogP contribution < -0.4 is 20.8 Å². The lowest BCUT2D eigenvalue weighted by Gasteiger charge is -2.14. The number of ether oxygens (including phenoxy) is 1. The second kappa shape index (κ2) is 10.1. The van der Waals surface area contributed by atoms with Gasteiger partial charge < -0.3 is 10.5 Å². The van der Waals surface area contributed by atoms with Crippen molar-refractivity contribution in [3.63, 3.8) is 0 Å². The van der Waals surface area contributed by atoms with Crippen molar-refractivity contribution in [3.8, 4) is 28.8 Å². The lowest BCUT2D eigenvalue weighted by atomic mass is 10.0. The lowest BCUT2D eigenvalue weighted by Crippen LogP contribution is -2.23. The van der Waals surface area contributed by atoms with Crippen molar-refractivity contribution < 1.29 is 21.9 Å². The molecule has 0 amide bonds. The van der Waals surface area contributed by atoms with Crippen LogP contribution in [0.5, 0.6) is 5.88 Å². The van der Waals surface area contributed by atoms with E-state index in [1.165, 1.54) is 36.1 Å². The Labute approximate surface area is 226 Å². The van der Waals surface area contributed by atoms with Crippen molar-refractivity contribution in [2.75, 3.05) is 17.6 Å². The van der Waals surface area contributed by atoms with Gasteiger partial charge in [-0.05, 0) is 54.1 Å². The summed E-state index contributed by atoms with van der Waals surface area (Å²) in [4.78, 5) is 21.2. The third-order valence-electron chi connectivity index (χ3n) is 5.93. The monoisotopic (exact) mass is 560 g/mol. The number of nitriles is 1. The quantitative estimate of drug-likeness (QED) is 0.316. The SMILES string of the molecule is COc1ncc(-c2ccc3nc(N)n(-c4cccc(C#N)c4)c(=O)c3c2)cc1NS(=O)(=O)c1ccc(F)cc1F. The van der Waals surface area contributed by atoms with Gasteiger partial charge in [0.2, 0.25) is 11.8 Å². The summed E-state index contributed by atoms with van der Waals surface area (Å²) in [6.07, 6.45) is 1.40. The Bertz CT molecular complexity index is 2020. The highest BCUT2D eigenvalue weighted by atomic mass is 32.2. The van der Waals surface area contributed by atoms with Gasteiger partial charge >= 0.3 is 0 Å². The molecule has 0 spiro atoms. The normalized spacial score (nSPS) is 11.2. The highest BCUT2D eigenvalue weighted by Crippen LogP contribution is 2.31. The van der Waals surface area contributed by atoms with Gasteiger partial charge in [-0.3, -0.25) is 9.52 Å². The molecular weight excluding hydrogens is 542 g/mol. The average molecular weight is 561 g/mol. The Morgan fingerprint density at radius 1 is 1.05 bits per heavy atom. The van der Waals surface area contributed by atoms with E-state index in [9.17, 15) is 27.3 Å². The molecule has 0 unspecified atom stereocenters. The predicted molar refractivity (Wildman–Crippen MR) is 143 cm³/mol. The summed E-state index contributed by atoms with van der Waals surface area (Å²) in [5, 5.41) is 9.42. The molecule has 10 nitrogen and oxygen atoms in total. The zero-order valence-electron chi connectivity index (χ0n) is 20.6. The van der Waals surface area contributed by atoms with E-state index in [-0.39, 0.29) is 22.9 Å². The summed E-state index contributed by atoms with van der Waals surface area (Å²) >= 11 is 0. The highest BCUT2D eigenvalue weighted by Gasteiger charge is 2.22. The van der Waals surface area contributed by atoms with Gasteiger partial charge in [0.05, 0.1) is 35.3 Å². The van der Waals surface area contributed by atoms with Gasteiger partial charge in [0, 0.05) is 17.8 Å². The number of nitrogens with one attached hydrogen (secondary N) is 1. The van der Waals surface area contributed by atoms with Gasteiger partial charge in [-0.1, -0.05) is 12.1 Å². The molecule has 3 aromatic carbocycles. The molecule has 0 saturated carbocycles. The van der Waals surface area contributed by atoms with Crippen molar-refractivity contribution >= 4 is 32.6 Å². The molecule has 5 aromatic rings. The molecule has 0 aliphatic rings. The van der Waals surface area contributed by atoms with E-state index in [4.69, 9.17) is 10.5 Å². The molecule has 3 N–H and O–H groups in total. The van der Waals surface area contributed by atoms with E-state index >= 15 is 0 Å². The summed E-state index contributed by atoms with van der Waals surface area (Å²) in [5.74, 6) is -2.38. The third-order valence-corrected chi connectivity index (χ3v) is 7.33. The standard InChI is InChI=1S/C27H18F2N6O4S/c1-39-25-23(34-40(37,38)24-8-6-18(28)12-21(24)29)11-17(14-32-25)16-5-7-22-20(10-16)26(36)35(27(31)33-22)19-4-2-3-15(9-19)13-30/h2-12,14,34H,1H3,(H2,31,33). The number of anilines is 2. The molecule has 0 atom stereocenters. The first kappa shape index (κ1) is 26.3. The Hall–Kier alpha value is -5.35. The minimum absolute atomic E-state index is 0.0730. The molecule has 0 bridgehead atoms. The maximum absolute atomic E-state index is 14.2. The van der Waals surface area contributed by atoms with Gasteiger partial charge in [0.1, 0.15) is 22.2 Å². The number of hydrogen-bond donors (Lipinski definition) is 2. The van der Waals surface area contributed by atoms with E-state index in [0.29, 0.717) is 34.0 Å². The van der Waals surface area contributed by atoms with E-state index in [1.54, 1.807) is 30.3 Å². The van der Waals surface area contributed by atoms with Gasteiger partial charge in [0.15, 0.2) is 0 Å². The molecule has 2 aromatic heterocycles. The first-order valence-corrected chi connectivity index (χ1v) is 12.9. The van der Waals surface area contributed by atoms with E-state index in [2.05, 4.69) is 14.7 Å². The number of hydrogen-bond acceptors (Lipinski definition) is 8. The third kappa shape index (κ3) is 4.79. The fourth-order valence-electron chi connectivity index (χ4n) is 4.09. The van der Waals surface area contributed by atoms with Crippen LogP contribution in [0.25, 0.3) is 27.7 Å². The Kier molecular flexibility index (Phi) is 6.62. The minimum atomic E-state index is -4.49. The first-order valence-electron chi connectivity index (χ1n) is 11.5. The van der Waals surface area contributed by atoms with Crippen LogP contribution in [0.15, 0.2) is 82.6 Å². The van der Waals surface area contributed by atoms with Crippen LogP contribution in [0.1, 0.15) is 5.56 Å². The van der Waals surface area contributed by atoms with Crippen LogP contribution in [-0.2, 0) is 10.0 Å². The number of nitrogens with zero attached hydrogens (tertiary/aromatic N) is 4. The number of pyridine rings is 1. The second-order valence-electron chi connectivity index (χ2n) is 8.47. The number of halogens is 2. The zero-order valence-corrected chi connectivity index (χ0v) is 21.4. The van der Waals surface area contributed by atoms with Crippen LogP contribution >= 0.6 is 0 Å². The Balaban J connectivity index is 1.60. The van der Waals surface area contributed by atoms with Crippen LogP contribution in [-0.4, -0.2) is 30.1 Å². The molecule has 40 heavy (non-hydrogen) atoms. The van der Waals surface area contributed by atoms with Gasteiger partial charge in [-0.25, -0.2) is 31.7 Å². The summed E-state index contributed by atoms with van der Waals surface area (Å²) in [7, 11) is -3.22. The largest absolute Gasteiger partial charge is 0.480 e. The topological polar surface area (TPSA) is 153 Å².